The summed E-state index contributed by atoms with van der Waals surface area (Å²) in [4.78, 5) is 38.2. The molecule has 396 valence electrons. The molecule has 6 nitrogen and oxygen atoms in total. The van der Waals surface area contributed by atoms with Crippen LogP contribution in [0, 0.1) is 0 Å². The Morgan fingerprint density at radius 1 is 0.304 bits per heavy atom. The average Bonchev–Trinajstić information content (AvgIpc) is 3.35. The number of carbonyl (C=O) groups is 3. The van der Waals surface area contributed by atoms with E-state index in [9.17, 15) is 14.4 Å². The van der Waals surface area contributed by atoms with E-state index in [4.69, 9.17) is 14.2 Å². The number of ether oxygens (including phenoxy) is 3. The highest BCUT2D eigenvalue weighted by molar-refractivity contribution is 5.71. The number of rotatable bonds is 52. The van der Waals surface area contributed by atoms with Gasteiger partial charge >= 0.3 is 17.9 Å². The molecule has 69 heavy (non-hydrogen) atoms. The number of hydrogen-bond donors (Lipinski definition) is 0. The molecule has 0 aromatic carbocycles. The zero-order valence-corrected chi connectivity index (χ0v) is 45.3. The fourth-order valence-corrected chi connectivity index (χ4v) is 8.05. The largest absolute Gasteiger partial charge is 0.462 e. The first-order chi connectivity index (χ1) is 34.0. The second kappa shape index (κ2) is 57.2. The molecule has 1 unspecified atom stereocenters. The molecule has 0 saturated carbocycles. The first-order valence-corrected chi connectivity index (χ1v) is 29.1. The second-order valence-corrected chi connectivity index (χ2v) is 19.1. The number of carbonyl (C=O) groups excluding carboxylic acids is 3. The molecule has 0 aliphatic rings. The summed E-state index contributed by atoms with van der Waals surface area (Å²) >= 11 is 0. The molecule has 1 atom stereocenters. The van der Waals surface area contributed by atoms with Crippen molar-refractivity contribution in [2.75, 3.05) is 13.2 Å². The van der Waals surface area contributed by atoms with E-state index < -0.39 is 6.10 Å². The average molecular weight is 962 g/mol. The van der Waals surface area contributed by atoms with Gasteiger partial charge in [0.1, 0.15) is 13.2 Å². The zero-order chi connectivity index (χ0) is 50.0. The standard InChI is InChI=1S/C63H108O6/c1-4-7-10-13-16-19-22-25-28-30-32-34-35-38-41-44-47-50-53-56-62(65)68-59-60(58-67-61(64)55-52-49-46-43-40-37-27-24-21-18-15-12-9-6-3)69-63(66)57-54-51-48-45-42-39-36-33-31-29-26-23-20-17-14-11-8-5-2/h7,9-10,12,16,18-19,21,25,28,32-34,36,60H,4-6,8,11,13-15,17,20,22-24,26-27,29-31,35,37-59H2,1-3H3/b10-7-,12-9-,19-16-,21-18-,28-25-,34-32-,36-33-. The van der Waals surface area contributed by atoms with Crippen LogP contribution >= 0.6 is 0 Å². The van der Waals surface area contributed by atoms with Crippen LogP contribution in [0.5, 0.6) is 0 Å². The lowest BCUT2D eigenvalue weighted by atomic mass is 10.1. The Hall–Kier alpha value is -3.41. The highest BCUT2D eigenvalue weighted by Gasteiger charge is 2.19. The maximum absolute atomic E-state index is 12.9. The molecular weight excluding hydrogens is 853 g/mol. The van der Waals surface area contributed by atoms with Gasteiger partial charge in [0.05, 0.1) is 0 Å². The lowest BCUT2D eigenvalue weighted by Crippen LogP contribution is -2.30. The molecule has 6 heteroatoms. The lowest BCUT2D eigenvalue weighted by molar-refractivity contribution is -0.167. The molecule has 0 rings (SSSR count). The number of hydrogen-bond acceptors (Lipinski definition) is 6. The minimum absolute atomic E-state index is 0.0885. The lowest BCUT2D eigenvalue weighted by Gasteiger charge is -2.18. The summed E-state index contributed by atoms with van der Waals surface area (Å²) in [6.45, 7) is 6.41. The fraction of sp³-hybridized carbons (Fsp3) is 0.730. The van der Waals surface area contributed by atoms with Crippen LogP contribution in [0.25, 0.3) is 0 Å². The van der Waals surface area contributed by atoms with Crippen molar-refractivity contribution in [2.45, 2.75) is 284 Å². The molecule has 0 aliphatic heterocycles. The minimum Gasteiger partial charge on any atom is -0.462 e. The van der Waals surface area contributed by atoms with Crippen LogP contribution in [-0.4, -0.2) is 37.2 Å². The first kappa shape index (κ1) is 65.6. The smallest absolute Gasteiger partial charge is 0.306 e. The Labute approximate surface area is 426 Å². The van der Waals surface area contributed by atoms with Gasteiger partial charge in [0, 0.05) is 19.3 Å². The van der Waals surface area contributed by atoms with Crippen molar-refractivity contribution >= 4 is 17.9 Å². The Bertz CT molecular complexity index is 1330. The Kier molecular flexibility index (Phi) is 54.3. The summed E-state index contributed by atoms with van der Waals surface area (Å²) < 4.78 is 16.9. The summed E-state index contributed by atoms with van der Waals surface area (Å²) in [5, 5.41) is 0. The molecule has 0 aromatic rings. The van der Waals surface area contributed by atoms with E-state index in [1.807, 2.05) is 0 Å². The molecule has 0 radical (unpaired) electrons. The van der Waals surface area contributed by atoms with Crippen molar-refractivity contribution in [3.05, 3.63) is 85.1 Å². The van der Waals surface area contributed by atoms with E-state index in [0.717, 1.165) is 122 Å². The van der Waals surface area contributed by atoms with Gasteiger partial charge in [0.15, 0.2) is 6.10 Å². The summed E-state index contributed by atoms with van der Waals surface area (Å²) in [5.74, 6) is -0.912. The van der Waals surface area contributed by atoms with Crippen molar-refractivity contribution in [2.24, 2.45) is 0 Å². The summed E-state index contributed by atoms with van der Waals surface area (Å²) in [5.41, 5.74) is 0. The maximum atomic E-state index is 12.9. The van der Waals surface area contributed by atoms with Gasteiger partial charge in [-0.1, -0.05) is 234 Å². The quantitative estimate of drug-likeness (QED) is 0.0262. The molecule has 0 aliphatic carbocycles. The second-order valence-electron chi connectivity index (χ2n) is 19.1. The third-order valence-electron chi connectivity index (χ3n) is 12.4. The SMILES string of the molecule is CC/C=C\C/C=C\C/C=C\C/C=C\CCCCCCCCC(=O)OCC(COC(=O)CCCCCCCCC/C=C\C/C=C\CC)OC(=O)CCCCCCC/C=C\CCCCCCCCCCC. The monoisotopic (exact) mass is 961 g/mol. The van der Waals surface area contributed by atoms with Gasteiger partial charge < -0.3 is 14.2 Å². The van der Waals surface area contributed by atoms with Crippen molar-refractivity contribution < 1.29 is 28.6 Å². The Morgan fingerprint density at radius 3 is 0.899 bits per heavy atom. The van der Waals surface area contributed by atoms with Gasteiger partial charge in [-0.15, -0.1) is 0 Å². The van der Waals surface area contributed by atoms with Gasteiger partial charge in [-0.3, -0.25) is 14.4 Å². The molecule has 0 N–H and O–H groups in total. The molecule has 0 spiro atoms. The van der Waals surface area contributed by atoms with Crippen molar-refractivity contribution in [3.8, 4) is 0 Å². The van der Waals surface area contributed by atoms with E-state index in [1.165, 1.54) is 116 Å². The van der Waals surface area contributed by atoms with Crippen molar-refractivity contribution in [1.29, 1.82) is 0 Å². The zero-order valence-electron chi connectivity index (χ0n) is 45.3. The fourth-order valence-electron chi connectivity index (χ4n) is 8.05. The predicted octanol–water partition coefficient (Wildman–Crippen LogP) is 19.5. The molecule has 0 bridgehead atoms. The van der Waals surface area contributed by atoms with E-state index in [0.29, 0.717) is 19.3 Å². The maximum Gasteiger partial charge on any atom is 0.306 e. The summed E-state index contributed by atoms with van der Waals surface area (Å²) in [6.07, 6.45) is 74.3. The van der Waals surface area contributed by atoms with Gasteiger partial charge in [-0.05, 0) is 109 Å². The van der Waals surface area contributed by atoms with E-state index in [1.54, 1.807) is 0 Å². The number of allylic oxidation sites excluding steroid dienone is 14. The topological polar surface area (TPSA) is 78.9 Å². The van der Waals surface area contributed by atoms with Crippen LogP contribution in [0.1, 0.15) is 278 Å². The molecular formula is C63H108O6. The summed E-state index contributed by atoms with van der Waals surface area (Å²) in [6, 6.07) is 0. The van der Waals surface area contributed by atoms with Gasteiger partial charge in [-0.2, -0.15) is 0 Å². The molecule has 0 heterocycles. The van der Waals surface area contributed by atoms with Crippen LogP contribution in [0.2, 0.25) is 0 Å². The molecule has 0 amide bonds. The summed E-state index contributed by atoms with van der Waals surface area (Å²) in [7, 11) is 0. The predicted molar refractivity (Wildman–Crippen MR) is 297 cm³/mol. The Balaban J connectivity index is 4.41. The van der Waals surface area contributed by atoms with Crippen molar-refractivity contribution in [1.82, 2.24) is 0 Å². The highest BCUT2D eigenvalue weighted by atomic mass is 16.6. The van der Waals surface area contributed by atoms with Gasteiger partial charge in [0.2, 0.25) is 0 Å². The van der Waals surface area contributed by atoms with Gasteiger partial charge in [0.25, 0.3) is 0 Å². The van der Waals surface area contributed by atoms with Crippen LogP contribution in [0.4, 0.5) is 0 Å². The Morgan fingerprint density at radius 2 is 0.565 bits per heavy atom. The normalized spacial score (nSPS) is 12.7. The molecule has 0 fully saturated rings. The molecule has 0 aromatic heterocycles. The van der Waals surface area contributed by atoms with Crippen LogP contribution < -0.4 is 0 Å². The van der Waals surface area contributed by atoms with Crippen LogP contribution in [0.15, 0.2) is 85.1 Å². The third kappa shape index (κ3) is 55.4. The number of esters is 3. The first-order valence-electron chi connectivity index (χ1n) is 29.1. The van der Waals surface area contributed by atoms with Gasteiger partial charge in [-0.25, -0.2) is 0 Å². The molecule has 0 saturated heterocycles. The highest BCUT2D eigenvalue weighted by Crippen LogP contribution is 2.15. The minimum atomic E-state index is -0.791. The third-order valence-corrected chi connectivity index (χ3v) is 12.4. The van der Waals surface area contributed by atoms with Crippen LogP contribution in [-0.2, 0) is 28.6 Å². The number of unbranched alkanes of at least 4 members (excludes halogenated alkanes) is 27. The van der Waals surface area contributed by atoms with Crippen LogP contribution in [0.3, 0.4) is 0 Å². The van der Waals surface area contributed by atoms with E-state index in [2.05, 4.69) is 106 Å². The van der Waals surface area contributed by atoms with Crippen molar-refractivity contribution in [3.63, 3.8) is 0 Å². The van der Waals surface area contributed by atoms with E-state index >= 15 is 0 Å². The van der Waals surface area contributed by atoms with E-state index in [-0.39, 0.29) is 31.1 Å².